The number of halogens is 1. The zero-order chi connectivity index (χ0) is 11.8. The number of para-hydroxylation sites is 1. The Labute approximate surface area is 107 Å². The van der Waals surface area contributed by atoms with E-state index in [2.05, 4.69) is 34.7 Å². The second-order valence-electron chi connectivity index (χ2n) is 3.98. The van der Waals surface area contributed by atoms with Crippen molar-refractivity contribution in [1.29, 1.82) is 0 Å². The molecule has 0 aliphatic rings. The number of hydrogen-bond acceptors (Lipinski definition) is 2. The van der Waals surface area contributed by atoms with Gasteiger partial charge in [0, 0.05) is 24.5 Å². The highest BCUT2D eigenvalue weighted by molar-refractivity contribution is 9.09. The molecule has 0 unspecified atom stereocenters. The largest absolute Gasteiger partial charge is 0.492 e. The first-order chi connectivity index (χ1) is 7.74. The predicted octanol–water partition coefficient (Wildman–Crippen LogP) is 3.17. The average molecular weight is 286 g/mol. The quantitative estimate of drug-likeness (QED) is 0.714. The Kier molecular flexibility index (Phi) is 6.50. The van der Waals surface area contributed by atoms with Crippen molar-refractivity contribution in [3.8, 4) is 5.75 Å². The van der Waals surface area contributed by atoms with E-state index >= 15 is 0 Å². The zero-order valence-electron chi connectivity index (χ0n) is 10.0. The average Bonchev–Trinajstić information content (AvgIpc) is 2.29. The molecule has 16 heavy (non-hydrogen) atoms. The van der Waals surface area contributed by atoms with Gasteiger partial charge in [-0.1, -0.05) is 34.1 Å². The van der Waals surface area contributed by atoms with E-state index in [1.807, 2.05) is 30.3 Å². The van der Waals surface area contributed by atoms with Crippen LogP contribution in [-0.2, 0) is 0 Å². The summed E-state index contributed by atoms with van der Waals surface area (Å²) in [5.74, 6) is 0.949. The van der Waals surface area contributed by atoms with E-state index in [4.69, 9.17) is 4.74 Å². The lowest BCUT2D eigenvalue weighted by Crippen LogP contribution is -2.35. The third-order valence-electron chi connectivity index (χ3n) is 2.49. The summed E-state index contributed by atoms with van der Waals surface area (Å²) in [6, 6.07) is 10.5. The molecule has 0 atom stereocenters. The highest BCUT2D eigenvalue weighted by atomic mass is 79.9. The van der Waals surface area contributed by atoms with Gasteiger partial charge in [0.15, 0.2) is 0 Å². The fourth-order valence-electron chi connectivity index (χ4n) is 1.53. The molecule has 3 heteroatoms. The maximum Gasteiger partial charge on any atom is 0.119 e. The number of nitrogens with zero attached hydrogens (tertiary/aromatic N) is 1. The summed E-state index contributed by atoms with van der Waals surface area (Å²) >= 11 is 3.47. The van der Waals surface area contributed by atoms with Crippen LogP contribution >= 0.6 is 15.9 Å². The first-order valence-corrected chi connectivity index (χ1v) is 6.84. The molecule has 0 saturated heterocycles. The first kappa shape index (κ1) is 13.5. The standard InChI is InChI=1S/C13H20BrNO/c1-12(2)15(9-8-14)10-11-16-13-6-4-3-5-7-13/h3-7,12H,8-11H2,1-2H3. The molecule has 0 saturated carbocycles. The van der Waals surface area contributed by atoms with E-state index in [0.717, 1.165) is 30.8 Å². The van der Waals surface area contributed by atoms with Crippen LogP contribution in [0.2, 0.25) is 0 Å². The minimum Gasteiger partial charge on any atom is -0.492 e. The van der Waals surface area contributed by atoms with Crippen molar-refractivity contribution in [3.63, 3.8) is 0 Å². The van der Waals surface area contributed by atoms with E-state index < -0.39 is 0 Å². The molecule has 0 aliphatic carbocycles. The maximum absolute atomic E-state index is 5.68. The molecule has 0 amide bonds. The fourth-order valence-corrected chi connectivity index (χ4v) is 1.99. The van der Waals surface area contributed by atoms with Crippen molar-refractivity contribution >= 4 is 15.9 Å². The van der Waals surface area contributed by atoms with E-state index in [1.54, 1.807) is 0 Å². The van der Waals surface area contributed by atoms with Crippen LogP contribution < -0.4 is 4.74 Å². The normalized spacial score (nSPS) is 11.1. The topological polar surface area (TPSA) is 12.5 Å². The molecular weight excluding hydrogens is 266 g/mol. The van der Waals surface area contributed by atoms with Gasteiger partial charge in [-0.15, -0.1) is 0 Å². The third kappa shape index (κ3) is 4.99. The molecule has 0 spiro atoms. The van der Waals surface area contributed by atoms with Gasteiger partial charge in [0.05, 0.1) is 0 Å². The van der Waals surface area contributed by atoms with Crippen molar-refractivity contribution in [3.05, 3.63) is 30.3 Å². The number of ether oxygens (including phenoxy) is 1. The van der Waals surface area contributed by atoms with Gasteiger partial charge >= 0.3 is 0 Å². The Morgan fingerprint density at radius 1 is 1.19 bits per heavy atom. The molecule has 0 aliphatic heterocycles. The van der Waals surface area contributed by atoms with E-state index in [-0.39, 0.29) is 0 Å². The minimum absolute atomic E-state index is 0.567. The second-order valence-corrected chi connectivity index (χ2v) is 4.77. The molecule has 0 N–H and O–H groups in total. The molecule has 2 nitrogen and oxygen atoms in total. The molecule has 1 aromatic rings. The lowest BCUT2D eigenvalue weighted by molar-refractivity contribution is 0.185. The molecule has 1 aromatic carbocycles. The predicted molar refractivity (Wildman–Crippen MR) is 72.4 cm³/mol. The van der Waals surface area contributed by atoms with Gasteiger partial charge in [0.2, 0.25) is 0 Å². The van der Waals surface area contributed by atoms with E-state index in [9.17, 15) is 0 Å². The summed E-state index contributed by atoms with van der Waals surface area (Å²) < 4.78 is 5.68. The highest BCUT2D eigenvalue weighted by Gasteiger charge is 2.07. The van der Waals surface area contributed by atoms with Gasteiger partial charge in [0.1, 0.15) is 12.4 Å². The number of hydrogen-bond donors (Lipinski definition) is 0. The number of alkyl halides is 1. The van der Waals surface area contributed by atoms with Gasteiger partial charge < -0.3 is 4.74 Å². The van der Waals surface area contributed by atoms with Crippen LogP contribution in [-0.4, -0.2) is 36.0 Å². The summed E-state index contributed by atoms with van der Waals surface area (Å²) in [5.41, 5.74) is 0. The van der Waals surface area contributed by atoms with Crippen LogP contribution in [0.4, 0.5) is 0 Å². The van der Waals surface area contributed by atoms with Gasteiger partial charge in [0.25, 0.3) is 0 Å². The summed E-state index contributed by atoms with van der Waals surface area (Å²) in [5, 5.41) is 1.01. The monoisotopic (exact) mass is 285 g/mol. The fraction of sp³-hybridized carbons (Fsp3) is 0.538. The minimum atomic E-state index is 0.567. The van der Waals surface area contributed by atoms with Gasteiger partial charge in [-0.05, 0) is 26.0 Å². The molecule has 1 rings (SSSR count). The smallest absolute Gasteiger partial charge is 0.119 e. The summed E-state index contributed by atoms with van der Waals surface area (Å²) in [6.45, 7) is 7.21. The number of benzene rings is 1. The van der Waals surface area contributed by atoms with Gasteiger partial charge in [-0.25, -0.2) is 0 Å². The molecule has 0 heterocycles. The maximum atomic E-state index is 5.68. The third-order valence-corrected chi connectivity index (χ3v) is 2.85. The summed E-state index contributed by atoms with van der Waals surface area (Å²) in [7, 11) is 0. The number of rotatable bonds is 7. The summed E-state index contributed by atoms with van der Waals surface area (Å²) in [6.07, 6.45) is 0. The molecule has 0 radical (unpaired) electrons. The Morgan fingerprint density at radius 2 is 1.88 bits per heavy atom. The van der Waals surface area contributed by atoms with E-state index in [1.165, 1.54) is 0 Å². The Bertz CT molecular complexity index is 277. The second kappa shape index (κ2) is 7.69. The van der Waals surface area contributed by atoms with Crippen molar-refractivity contribution in [1.82, 2.24) is 4.90 Å². The van der Waals surface area contributed by atoms with Crippen LogP contribution in [0, 0.1) is 0 Å². The lowest BCUT2D eigenvalue weighted by Gasteiger charge is -2.25. The molecule has 0 fully saturated rings. The van der Waals surface area contributed by atoms with Crippen LogP contribution in [0.5, 0.6) is 5.75 Å². The molecule has 0 bridgehead atoms. The van der Waals surface area contributed by atoms with Crippen LogP contribution in [0.3, 0.4) is 0 Å². The van der Waals surface area contributed by atoms with Crippen LogP contribution in [0.25, 0.3) is 0 Å². The van der Waals surface area contributed by atoms with Crippen molar-refractivity contribution < 1.29 is 4.74 Å². The zero-order valence-corrected chi connectivity index (χ0v) is 11.6. The Hall–Kier alpha value is -0.540. The lowest BCUT2D eigenvalue weighted by atomic mass is 10.3. The van der Waals surface area contributed by atoms with Crippen molar-refractivity contribution in [2.45, 2.75) is 19.9 Å². The highest BCUT2D eigenvalue weighted by Crippen LogP contribution is 2.08. The SMILES string of the molecule is CC(C)N(CCBr)CCOc1ccccc1. The summed E-state index contributed by atoms with van der Waals surface area (Å²) in [4.78, 5) is 2.40. The Balaban J connectivity index is 2.28. The van der Waals surface area contributed by atoms with Gasteiger partial charge in [-0.3, -0.25) is 4.90 Å². The Morgan fingerprint density at radius 3 is 2.44 bits per heavy atom. The molecule has 0 aromatic heterocycles. The van der Waals surface area contributed by atoms with Crippen molar-refractivity contribution in [2.75, 3.05) is 25.0 Å². The van der Waals surface area contributed by atoms with Gasteiger partial charge in [-0.2, -0.15) is 0 Å². The van der Waals surface area contributed by atoms with E-state index in [0.29, 0.717) is 6.04 Å². The van der Waals surface area contributed by atoms with Crippen molar-refractivity contribution in [2.24, 2.45) is 0 Å². The molecular formula is C13H20BrNO. The first-order valence-electron chi connectivity index (χ1n) is 5.72. The molecule has 90 valence electrons. The van der Waals surface area contributed by atoms with Crippen LogP contribution in [0.15, 0.2) is 30.3 Å². The van der Waals surface area contributed by atoms with Crippen LogP contribution in [0.1, 0.15) is 13.8 Å².